The molecule has 10 aromatic rings. The van der Waals surface area contributed by atoms with Gasteiger partial charge in [-0.2, -0.15) is 0 Å². The van der Waals surface area contributed by atoms with Gasteiger partial charge in [-0.15, -0.1) is 11.3 Å². The van der Waals surface area contributed by atoms with Crippen molar-refractivity contribution in [1.29, 1.82) is 0 Å². The van der Waals surface area contributed by atoms with Crippen LogP contribution >= 0.6 is 11.3 Å². The Labute approximate surface area is 299 Å². The van der Waals surface area contributed by atoms with Crippen LogP contribution < -0.4 is 0 Å². The highest BCUT2D eigenvalue weighted by Crippen LogP contribution is 2.53. The van der Waals surface area contributed by atoms with Crippen LogP contribution in [0.1, 0.15) is 25.0 Å². The molecule has 0 amide bonds. The Kier molecular flexibility index (Phi) is 5.89. The van der Waals surface area contributed by atoms with E-state index in [0.29, 0.717) is 0 Å². The first-order chi connectivity index (χ1) is 25.0. The molecule has 0 fully saturated rings. The van der Waals surface area contributed by atoms with Crippen LogP contribution in [0.15, 0.2) is 152 Å². The zero-order valence-electron chi connectivity index (χ0n) is 28.2. The summed E-state index contributed by atoms with van der Waals surface area (Å²) in [6.45, 7) is 4.78. The SMILES string of the molecule is CC1(C)c2cc(-c3nc(-c4ccccc4)cc(-c4ccccc4)n3)ccc2-n2c3cc4ccccc4cc3c3c4sc5ccccc5c4cc1c32. The van der Waals surface area contributed by atoms with E-state index in [4.69, 9.17) is 9.97 Å². The Hall–Kier alpha value is -6.10. The number of nitrogens with zero attached hydrogens (tertiary/aromatic N) is 3. The predicted molar refractivity (Wildman–Crippen MR) is 215 cm³/mol. The van der Waals surface area contributed by atoms with Crippen molar-refractivity contribution in [1.82, 2.24) is 14.5 Å². The zero-order chi connectivity index (χ0) is 33.8. The summed E-state index contributed by atoms with van der Waals surface area (Å²) in [4.78, 5) is 10.4. The van der Waals surface area contributed by atoms with Gasteiger partial charge in [0, 0.05) is 53.1 Å². The first kappa shape index (κ1) is 28.7. The Bertz CT molecular complexity index is 2980. The number of thiophene rings is 1. The molecule has 4 heteroatoms. The fraction of sp³-hybridized carbons (Fsp3) is 0.0638. The third-order valence-electron chi connectivity index (χ3n) is 10.9. The number of rotatable bonds is 3. The molecule has 240 valence electrons. The first-order valence-electron chi connectivity index (χ1n) is 17.5. The van der Waals surface area contributed by atoms with E-state index < -0.39 is 0 Å². The molecule has 0 aliphatic carbocycles. The monoisotopic (exact) mass is 669 g/mol. The Morgan fingerprint density at radius 1 is 0.529 bits per heavy atom. The summed E-state index contributed by atoms with van der Waals surface area (Å²) >= 11 is 1.92. The van der Waals surface area contributed by atoms with E-state index in [2.05, 4.69) is 158 Å². The quantitative estimate of drug-likeness (QED) is 0.187. The van der Waals surface area contributed by atoms with Crippen molar-refractivity contribution in [3.63, 3.8) is 0 Å². The molecule has 11 rings (SSSR count). The largest absolute Gasteiger partial charge is 0.309 e. The average molecular weight is 670 g/mol. The summed E-state index contributed by atoms with van der Waals surface area (Å²) < 4.78 is 5.23. The van der Waals surface area contributed by atoms with Gasteiger partial charge in [-0.05, 0) is 70.4 Å². The van der Waals surface area contributed by atoms with Gasteiger partial charge in [0.15, 0.2) is 5.82 Å². The maximum atomic E-state index is 5.20. The highest BCUT2D eigenvalue weighted by molar-refractivity contribution is 7.26. The maximum absolute atomic E-state index is 5.20. The summed E-state index contributed by atoms with van der Waals surface area (Å²) in [6, 6.07) is 54.7. The standard InChI is InChI=1S/C47H31N3S/c1-47(2)36-24-32(46-48-38(28-13-5-3-6-14-28)27-39(49-46)29-15-7-4-8-16-29)21-22-40(36)50-41-25-31-18-10-9-17-30(31)23-35(41)43-44(50)37(47)26-34-33-19-11-12-20-42(33)51-45(34)43/h3-27H,1-2H3. The molecule has 0 unspecified atom stereocenters. The van der Waals surface area contributed by atoms with E-state index in [0.717, 1.165) is 33.9 Å². The van der Waals surface area contributed by atoms with Crippen molar-refractivity contribution < 1.29 is 0 Å². The second-order valence-electron chi connectivity index (χ2n) is 14.2. The molecular weight excluding hydrogens is 639 g/mol. The van der Waals surface area contributed by atoms with E-state index in [1.54, 1.807) is 0 Å². The summed E-state index contributed by atoms with van der Waals surface area (Å²) in [5.41, 5.74) is 11.1. The Morgan fingerprint density at radius 3 is 1.90 bits per heavy atom. The Balaban J connectivity index is 1.22. The van der Waals surface area contributed by atoms with Gasteiger partial charge in [-0.3, -0.25) is 0 Å². The summed E-state index contributed by atoms with van der Waals surface area (Å²) in [5.74, 6) is 0.729. The van der Waals surface area contributed by atoms with Gasteiger partial charge in [0.2, 0.25) is 0 Å². The first-order valence-corrected chi connectivity index (χ1v) is 18.3. The second kappa shape index (κ2) is 10.5. The van der Waals surface area contributed by atoms with Crippen LogP contribution in [0.3, 0.4) is 0 Å². The maximum Gasteiger partial charge on any atom is 0.160 e. The topological polar surface area (TPSA) is 30.7 Å². The van der Waals surface area contributed by atoms with Crippen LogP contribution in [0, 0.1) is 0 Å². The smallest absolute Gasteiger partial charge is 0.160 e. The van der Waals surface area contributed by atoms with Crippen molar-refractivity contribution in [2.24, 2.45) is 0 Å². The zero-order valence-corrected chi connectivity index (χ0v) is 29.0. The fourth-order valence-corrected chi connectivity index (χ4v) is 9.64. The number of hydrogen-bond acceptors (Lipinski definition) is 3. The summed E-state index contributed by atoms with van der Waals surface area (Å²) in [6.07, 6.45) is 0. The van der Waals surface area contributed by atoms with Crippen molar-refractivity contribution >= 4 is 64.1 Å². The normalized spacial score (nSPS) is 13.5. The lowest BCUT2D eigenvalue weighted by Crippen LogP contribution is -2.26. The lowest BCUT2D eigenvalue weighted by Gasteiger charge is -2.35. The van der Waals surface area contributed by atoms with E-state index >= 15 is 0 Å². The van der Waals surface area contributed by atoms with Crippen molar-refractivity contribution in [3.8, 4) is 39.6 Å². The van der Waals surface area contributed by atoms with Crippen LogP contribution in [-0.4, -0.2) is 14.5 Å². The molecule has 1 aliphatic rings. The fourth-order valence-electron chi connectivity index (χ4n) is 8.40. The highest BCUT2D eigenvalue weighted by atomic mass is 32.1. The lowest BCUT2D eigenvalue weighted by molar-refractivity contribution is 0.631. The summed E-state index contributed by atoms with van der Waals surface area (Å²) in [5, 5.41) is 7.85. The highest BCUT2D eigenvalue weighted by Gasteiger charge is 2.37. The minimum absolute atomic E-state index is 0.288. The molecule has 3 aromatic heterocycles. The number of aromatic nitrogens is 3. The molecule has 0 radical (unpaired) electrons. The molecule has 0 saturated carbocycles. The minimum atomic E-state index is -0.288. The van der Waals surface area contributed by atoms with E-state index in [-0.39, 0.29) is 5.41 Å². The van der Waals surface area contributed by atoms with Crippen molar-refractivity contribution in [3.05, 3.63) is 163 Å². The van der Waals surface area contributed by atoms with Gasteiger partial charge >= 0.3 is 0 Å². The molecular formula is C47H31N3S. The molecule has 1 aliphatic heterocycles. The predicted octanol–water partition coefficient (Wildman–Crippen LogP) is 12.7. The molecule has 0 N–H and O–H groups in total. The van der Waals surface area contributed by atoms with E-state index in [1.165, 1.54) is 69.6 Å². The third kappa shape index (κ3) is 4.11. The second-order valence-corrected chi connectivity index (χ2v) is 15.3. The van der Waals surface area contributed by atoms with Crippen LogP contribution in [-0.2, 0) is 5.41 Å². The molecule has 51 heavy (non-hydrogen) atoms. The van der Waals surface area contributed by atoms with E-state index in [1.807, 2.05) is 23.5 Å². The van der Waals surface area contributed by atoms with Crippen LogP contribution in [0.25, 0.3) is 92.3 Å². The molecule has 0 atom stereocenters. The number of hydrogen-bond donors (Lipinski definition) is 0. The van der Waals surface area contributed by atoms with E-state index in [9.17, 15) is 0 Å². The number of benzene rings is 7. The van der Waals surface area contributed by atoms with Crippen LogP contribution in [0.4, 0.5) is 0 Å². The van der Waals surface area contributed by atoms with Gasteiger partial charge in [0.1, 0.15) is 0 Å². The van der Waals surface area contributed by atoms with Crippen LogP contribution in [0.5, 0.6) is 0 Å². The van der Waals surface area contributed by atoms with Gasteiger partial charge in [-0.25, -0.2) is 9.97 Å². The lowest BCUT2D eigenvalue weighted by atomic mass is 9.73. The average Bonchev–Trinajstić information content (AvgIpc) is 3.72. The molecule has 0 saturated heterocycles. The van der Waals surface area contributed by atoms with Gasteiger partial charge < -0.3 is 4.57 Å². The minimum Gasteiger partial charge on any atom is -0.309 e. The molecule has 0 bridgehead atoms. The molecule has 0 spiro atoms. The van der Waals surface area contributed by atoms with Crippen LogP contribution in [0.2, 0.25) is 0 Å². The van der Waals surface area contributed by atoms with Gasteiger partial charge in [0.05, 0.1) is 28.1 Å². The molecule has 4 heterocycles. The summed E-state index contributed by atoms with van der Waals surface area (Å²) in [7, 11) is 0. The van der Waals surface area contributed by atoms with Gasteiger partial charge in [0.25, 0.3) is 0 Å². The van der Waals surface area contributed by atoms with Gasteiger partial charge in [-0.1, -0.05) is 117 Å². The Morgan fingerprint density at radius 2 is 1.18 bits per heavy atom. The van der Waals surface area contributed by atoms with Crippen molar-refractivity contribution in [2.75, 3.05) is 0 Å². The number of fused-ring (bicyclic) bond motifs is 10. The van der Waals surface area contributed by atoms with Crippen molar-refractivity contribution in [2.45, 2.75) is 19.3 Å². The molecule has 3 nitrogen and oxygen atoms in total. The molecule has 7 aromatic carbocycles. The third-order valence-corrected chi connectivity index (χ3v) is 12.2.